The number of carboxylic acids is 1. The molecule has 0 unspecified atom stereocenters. The van der Waals surface area contributed by atoms with Crippen molar-refractivity contribution < 1.29 is 29.0 Å². The van der Waals surface area contributed by atoms with Crippen molar-refractivity contribution >= 4 is 12.1 Å². The van der Waals surface area contributed by atoms with Crippen LogP contribution in [-0.2, 0) is 19.1 Å². The largest absolute Gasteiger partial charge is 0.480 e. The number of hydrogen-bond donors (Lipinski definition) is 1. The highest BCUT2D eigenvalue weighted by Gasteiger charge is 2.43. The van der Waals surface area contributed by atoms with Crippen LogP contribution in [0.3, 0.4) is 0 Å². The minimum absolute atomic E-state index is 0.0857. The molecule has 7 nitrogen and oxygen atoms in total. The molecule has 0 aromatic carbocycles. The lowest BCUT2D eigenvalue weighted by Gasteiger charge is -2.25. The molecule has 1 fully saturated rings. The van der Waals surface area contributed by atoms with Crippen LogP contribution in [0.15, 0.2) is 0 Å². The van der Waals surface area contributed by atoms with Gasteiger partial charge in [0.25, 0.3) is 0 Å². The molecule has 1 amide bonds. The Morgan fingerprint density at radius 2 is 2.06 bits per heavy atom. The average molecular weight is 261 g/mol. The predicted molar refractivity (Wildman–Crippen MR) is 60.6 cm³/mol. The Hall–Kier alpha value is -1.34. The van der Waals surface area contributed by atoms with Gasteiger partial charge in [-0.15, -0.1) is 0 Å². The molecule has 1 rings (SSSR count). The van der Waals surface area contributed by atoms with Gasteiger partial charge >= 0.3 is 12.1 Å². The first-order chi connectivity index (χ1) is 8.24. The van der Waals surface area contributed by atoms with Crippen molar-refractivity contribution in [1.82, 2.24) is 5.06 Å². The molecule has 1 N–H and O–H groups in total. The molecule has 1 aliphatic heterocycles. The van der Waals surface area contributed by atoms with E-state index in [0.717, 1.165) is 5.06 Å². The van der Waals surface area contributed by atoms with Gasteiger partial charge in [-0.3, -0.25) is 0 Å². The van der Waals surface area contributed by atoms with E-state index < -0.39 is 30.0 Å². The lowest BCUT2D eigenvalue weighted by Crippen LogP contribution is -2.42. The van der Waals surface area contributed by atoms with E-state index in [9.17, 15) is 9.59 Å². The van der Waals surface area contributed by atoms with E-state index in [1.807, 2.05) is 0 Å². The summed E-state index contributed by atoms with van der Waals surface area (Å²) in [5.41, 5.74) is -0.715. The van der Waals surface area contributed by atoms with Crippen LogP contribution in [0.25, 0.3) is 0 Å². The highest BCUT2D eigenvalue weighted by molar-refractivity contribution is 5.79. The quantitative estimate of drug-likeness (QED) is 0.826. The summed E-state index contributed by atoms with van der Waals surface area (Å²) in [6.07, 6.45) is -1.47. The maximum absolute atomic E-state index is 11.8. The number of carbonyl (C=O) groups excluding carboxylic acids is 1. The molecule has 2 atom stereocenters. The molecule has 0 radical (unpaired) electrons. The minimum atomic E-state index is -1.15. The summed E-state index contributed by atoms with van der Waals surface area (Å²) in [4.78, 5) is 28.0. The lowest BCUT2D eigenvalue weighted by atomic mass is 10.2. The number of amides is 1. The van der Waals surface area contributed by atoms with Crippen LogP contribution < -0.4 is 0 Å². The second kappa shape index (κ2) is 5.53. The van der Waals surface area contributed by atoms with Gasteiger partial charge in [-0.05, 0) is 27.7 Å². The van der Waals surface area contributed by atoms with Crippen molar-refractivity contribution in [3.8, 4) is 0 Å². The molecule has 1 heterocycles. The van der Waals surface area contributed by atoms with Gasteiger partial charge in [0.2, 0.25) is 0 Å². The molecule has 1 aliphatic rings. The molecular weight excluding hydrogens is 242 g/mol. The Morgan fingerprint density at radius 1 is 1.44 bits per heavy atom. The van der Waals surface area contributed by atoms with Gasteiger partial charge in [0.1, 0.15) is 5.60 Å². The fraction of sp³-hybridized carbons (Fsp3) is 0.818. The van der Waals surface area contributed by atoms with E-state index in [0.29, 0.717) is 6.61 Å². The number of hydrogen-bond acceptors (Lipinski definition) is 5. The summed E-state index contributed by atoms with van der Waals surface area (Å²) in [7, 11) is 0. The van der Waals surface area contributed by atoms with Crippen molar-refractivity contribution in [2.45, 2.75) is 52.0 Å². The zero-order valence-corrected chi connectivity index (χ0v) is 11.0. The molecule has 18 heavy (non-hydrogen) atoms. The molecule has 7 heteroatoms. The highest BCUT2D eigenvalue weighted by Crippen LogP contribution is 2.24. The van der Waals surface area contributed by atoms with E-state index in [-0.39, 0.29) is 6.42 Å². The summed E-state index contributed by atoms with van der Waals surface area (Å²) in [5.74, 6) is -1.15. The van der Waals surface area contributed by atoms with Gasteiger partial charge in [-0.2, -0.15) is 5.06 Å². The van der Waals surface area contributed by atoms with Crippen LogP contribution in [0.4, 0.5) is 4.79 Å². The van der Waals surface area contributed by atoms with Crippen molar-refractivity contribution in [3.05, 3.63) is 0 Å². The van der Waals surface area contributed by atoms with E-state index in [1.165, 1.54) is 0 Å². The van der Waals surface area contributed by atoms with Gasteiger partial charge in [0.05, 0.1) is 0 Å². The van der Waals surface area contributed by atoms with E-state index in [1.54, 1.807) is 27.7 Å². The summed E-state index contributed by atoms with van der Waals surface area (Å²) in [6.45, 7) is 7.21. The molecular formula is C11H19NO6. The normalized spacial score (nSPS) is 24.1. The topological polar surface area (TPSA) is 85.3 Å². The molecule has 0 saturated carbocycles. The van der Waals surface area contributed by atoms with Crippen molar-refractivity contribution in [1.29, 1.82) is 0 Å². The third-order valence-corrected chi connectivity index (χ3v) is 2.14. The van der Waals surface area contributed by atoms with Crippen LogP contribution in [0, 0.1) is 0 Å². The van der Waals surface area contributed by atoms with Gasteiger partial charge < -0.3 is 14.6 Å². The Bertz CT molecular complexity index is 324. The van der Waals surface area contributed by atoms with Crippen LogP contribution in [0.2, 0.25) is 0 Å². The van der Waals surface area contributed by atoms with Gasteiger partial charge in [-0.1, -0.05) is 0 Å². The number of ether oxygens (including phenoxy) is 2. The second-order valence-electron chi connectivity index (χ2n) is 4.89. The molecule has 0 spiro atoms. The number of hydroxylamine groups is 2. The number of carbonyl (C=O) groups is 2. The van der Waals surface area contributed by atoms with Crippen LogP contribution in [0.5, 0.6) is 0 Å². The highest BCUT2D eigenvalue weighted by atomic mass is 16.8. The van der Waals surface area contributed by atoms with Gasteiger partial charge in [0, 0.05) is 13.0 Å². The van der Waals surface area contributed by atoms with Crippen LogP contribution >= 0.6 is 0 Å². The van der Waals surface area contributed by atoms with Crippen molar-refractivity contribution in [2.24, 2.45) is 0 Å². The maximum atomic E-state index is 11.8. The zero-order valence-electron chi connectivity index (χ0n) is 11.0. The average Bonchev–Trinajstić information content (AvgIpc) is 2.59. The maximum Gasteiger partial charge on any atom is 0.435 e. The second-order valence-corrected chi connectivity index (χ2v) is 4.89. The molecule has 0 aliphatic carbocycles. The number of rotatable bonds is 3. The SMILES string of the molecule is CCO[C@@H]1C[C@@H](C(=O)O)N(C(=O)OC(C)(C)C)O1. The minimum Gasteiger partial charge on any atom is -0.480 e. The predicted octanol–water partition coefficient (Wildman–Crippen LogP) is 1.37. The summed E-state index contributed by atoms with van der Waals surface area (Å²) in [5, 5.41) is 9.76. The monoisotopic (exact) mass is 261 g/mol. The first-order valence-electron chi connectivity index (χ1n) is 5.78. The summed E-state index contributed by atoms with van der Waals surface area (Å²) >= 11 is 0. The third kappa shape index (κ3) is 3.85. The van der Waals surface area contributed by atoms with Crippen LogP contribution in [-0.4, -0.2) is 46.8 Å². The Labute approximate surface area is 106 Å². The van der Waals surface area contributed by atoms with E-state index in [2.05, 4.69) is 0 Å². The van der Waals surface area contributed by atoms with Gasteiger partial charge in [0.15, 0.2) is 12.3 Å². The molecule has 104 valence electrons. The molecule has 0 aromatic rings. The summed E-state index contributed by atoms with van der Waals surface area (Å²) in [6, 6.07) is -1.09. The molecule has 0 aromatic heterocycles. The first-order valence-corrected chi connectivity index (χ1v) is 5.78. The summed E-state index contributed by atoms with van der Waals surface area (Å²) < 4.78 is 10.2. The van der Waals surface area contributed by atoms with Crippen molar-refractivity contribution in [3.63, 3.8) is 0 Å². The van der Waals surface area contributed by atoms with E-state index >= 15 is 0 Å². The third-order valence-electron chi connectivity index (χ3n) is 2.14. The Morgan fingerprint density at radius 3 is 2.50 bits per heavy atom. The van der Waals surface area contributed by atoms with Crippen molar-refractivity contribution in [2.75, 3.05) is 6.61 Å². The molecule has 0 bridgehead atoms. The molecule has 1 saturated heterocycles. The van der Waals surface area contributed by atoms with Crippen LogP contribution in [0.1, 0.15) is 34.1 Å². The fourth-order valence-corrected chi connectivity index (χ4v) is 1.48. The Balaban J connectivity index is 2.72. The fourth-order valence-electron chi connectivity index (χ4n) is 1.48. The smallest absolute Gasteiger partial charge is 0.435 e. The van der Waals surface area contributed by atoms with E-state index in [4.69, 9.17) is 19.4 Å². The standard InChI is InChI=1S/C11H19NO6/c1-5-16-8-6-7(9(13)14)12(18-8)10(15)17-11(2,3)4/h7-8H,5-6H2,1-4H3,(H,13,14)/t7-,8-/m0/s1. The number of aliphatic carboxylic acids is 1. The first kappa shape index (κ1) is 14.7. The Kier molecular flexibility index (Phi) is 4.53. The lowest BCUT2D eigenvalue weighted by molar-refractivity contribution is -0.225. The van der Waals surface area contributed by atoms with Gasteiger partial charge in [-0.25, -0.2) is 14.4 Å². The number of carboxylic acid groups (broad SMARTS) is 1. The number of nitrogens with zero attached hydrogens (tertiary/aromatic N) is 1. The zero-order chi connectivity index (χ0) is 13.9.